The number of aryl methyl sites for hydroxylation is 1. The lowest BCUT2D eigenvalue weighted by Crippen LogP contribution is -2.44. The Morgan fingerprint density at radius 3 is 2.26 bits per heavy atom. The van der Waals surface area contributed by atoms with E-state index in [-0.39, 0.29) is 11.2 Å². The Balaban J connectivity index is 2.58. The summed E-state index contributed by atoms with van der Waals surface area (Å²) in [6.45, 7) is 7.55. The molecule has 0 heterocycles. The number of nitrogens with one attached hydrogen (secondary N) is 2. The van der Waals surface area contributed by atoms with Crippen LogP contribution >= 0.6 is 0 Å². The number of benzene rings is 1. The van der Waals surface area contributed by atoms with E-state index in [1.165, 1.54) is 17.4 Å². The lowest BCUT2D eigenvalue weighted by atomic mass is 9.84. The lowest BCUT2D eigenvalue weighted by Gasteiger charge is -2.27. The van der Waals surface area contributed by atoms with Crippen LogP contribution in [-0.4, -0.2) is 46.5 Å². The minimum Gasteiger partial charge on any atom is -0.356 e. The summed E-state index contributed by atoms with van der Waals surface area (Å²) in [5.74, 6) is 0.710. The summed E-state index contributed by atoms with van der Waals surface area (Å²) >= 11 is 0. The molecular weight excluding hydrogens is 310 g/mol. The van der Waals surface area contributed by atoms with Crippen LogP contribution in [0.2, 0.25) is 0 Å². The predicted octanol–water partition coefficient (Wildman–Crippen LogP) is 1.74. The van der Waals surface area contributed by atoms with Gasteiger partial charge in [-0.3, -0.25) is 4.99 Å². The Labute approximate surface area is 140 Å². The molecule has 0 radical (unpaired) electrons. The molecule has 0 fully saturated rings. The highest BCUT2D eigenvalue weighted by Gasteiger charge is 2.20. The second-order valence-corrected chi connectivity index (χ2v) is 8.68. The van der Waals surface area contributed by atoms with Gasteiger partial charge in [0.2, 0.25) is 0 Å². The van der Waals surface area contributed by atoms with E-state index in [0.29, 0.717) is 19.0 Å². The summed E-state index contributed by atoms with van der Waals surface area (Å²) in [6.07, 6.45) is 2.27. The predicted molar refractivity (Wildman–Crippen MR) is 97.9 cm³/mol. The fraction of sp³-hybridized carbons (Fsp3) is 0.588. The molecule has 0 amide bonds. The largest absolute Gasteiger partial charge is 0.356 e. The molecule has 1 aromatic carbocycles. The molecule has 0 saturated heterocycles. The van der Waals surface area contributed by atoms with E-state index in [0.717, 1.165) is 6.42 Å². The zero-order chi connectivity index (χ0) is 17.5. The van der Waals surface area contributed by atoms with Gasteiger partial charge in [0.25, 0.3) is 0 Å². The molecule has 0 atom stereocenters. The maximum Gasteiger partial charge on any atom is 0.191 e. The Morgan fingerprint density at radius 2 is 1.78 bits per heavy atom. The number of nitrogens with zero attached hydrogens (tertiary/aromatic N) is 1. The van der Waals surface area contributed by atoms with E-state index in [1.807, 2.05) is 0 Å². The minimum atomic E-state index is -2.97. The van der Waals surface area contributed by atoms with Gasteiger partial charge in [0, 0.05) is 31.8 Å². The van der Waals surface area contributed by atoms with Crippen LogP contribution in [0, 0.1) is 0 Å². The second-order valence-electron chi connectivity index (χ2n) is 6.42. The van der Waals surface area contributed by atoms with E-state index in [9.17, 15) is 8.42 Å². The molecule has 0 aliphatic carbocycles. The number of sulfone groups is 1. The van der Waals surface area contributed by atoms with Crippen molar-refractivity contribution in [3.8, 4) is 0 Å². The monoisotopic (exact) mass is 339 g/mol. The van der Waals surface area contributed by atoms with Crippen LogP contribution in [0.5, 0.6) is 0 Å². The smallest absolute Gasteiger partial charge is 0.191 e. The Kier molecular flexibility index (Phi) is 7.06. The van der Waals surface area contributed by atoms with Crippen molar-refractivity contribution in [1.82, 2.24) is 10.6 Å². The van der Waals surface area contributed by atoms with Gasteiger partial charge in [0.05, 0.1) is 5.75 Å². The molecule has 0 unspecified atom stereocenters. The van der Waals surface area contributed by atoms with E-state index >= 15 is 0 Å². The first-order valence-electron chi connectivity index (χ1n) is 7.89. The van der Waals surface area contributed by atoms with Crippen LogP contribution in [0.1, 0.15) is 31.9 Å². The van der Waals surface area contributed by atoms with E-state index < -0.39 is 9.84 Å². The van der Waals surface area contributed by atoms with Crippen molar-refractivity contribution in [3.05, 3.63) is 35.4 Å². The standard InChI is InChI=1S/C17H29N3O2S/c1-6-14-7-9-15(10-8-14)17(2,3)13-20-16(18-4)19-11-12-23(5,21)22/h7-10H,6,11-13H2,1-5H3,(H2,18,19,20). The molecule has 2 N–H and O–H groups in total. The highest BCUT2D eigenvalue weighted by atomic mass is 32.2. The van der Waals surface area contributed by atoms with Crippen molar-refractivity contribution in [2.75, 3.05) is 32.1 Å². The van der Waals surface area contributed by atoms with Crippen LogP contribution in [0.4, 0.5) is 0 Å². The Morgan fingerprint density at radius 1 is 1.17 bits per heavy atom. The molecule has 23 heavy (non-hydrogen) atoms. The normalized spacial score (nSPS) is 13.0. The molecule has 130 valence electrons. The van der Waals surface area contributed by atoms with Crippen LogP contribution in [0.3, 0.4) is 0 Å². The van der Waals surface area contributed by atoms with E-state index in [1.54, 1.807) is 7.05 Å². The number of guanidine groups is 1. The molecule has 0 spiro atoms. The minimum absolute atomic E-state index is 0.0548. The molecule has 1 aromatic rings. The summed E-state index contributed by atoms with van der Waals surface area (Å²) in [7, 11) is -1.29. The third-order valence-corrected chi connectivity index (χ3v) is 4.78. The molecule has 0 saturated carbocycles. The molecule has 5 nitrogen and oxygen atoms in total. The summed E-state index contributed by atoms with van der Waals surface area (Å²) in [5.41, 5.74) is 2.53. The van der Waals surface area contributed by atoms with Gasteiger partial charge >= 0.3 is 0 Å². The number of aliphatic imine (C=N–C) groups is 1. The van der Waals surface area contributed by atoms with Gasteiger partial charge < -0.3 is 10.6 Å². The fourth-order valence-corrected chi connectivity index (χ4v) is 2.65. The number of hydrogen-bond donors (Lipinski definition) is 2. The van der Waals surface area contributed by atoms with Crippen molar-refractivity contribution in [1.29, 1.82) is 0 Å². The van der Waals surface area contributed by atoms with E-state index in [4.69, 9.17) is 0 Å². The molecule has 0 aliphatic rings. The SMILES string of the molecule is CCc1ccc(C(C)(C)CNC(=NC)NCCS(C)(=O)=O)cc1. The first-order chi connectivity index (χ1) is 10.7. The lowest BCUT2D eigenvalue weighted by molar-refractivity contribution is 0.509. The molecule has 6 heteroatoms. The average Bonchev–Trinajstić information content (AvgIpc) is 2.49. The first-order valence-corrected chi connectivity index (χ1v) is 9.95. The fourth-order valence-electron chi connectivity index (χ4n) is 2.17. The van der Waals surface area contributed by atoms with Crippen LogP contribution < -0.4 is 10.6 Å². The van der Waals surface area contributed by atoms with Gasteiger partial charge in [-0.15, -0.1) is 0 Å². The number of hydrogen-bond acceptors (Lipinski definition) is 3. The van der Waals surface area contributed by atoms with Gasteiger partial charge in [-0.1, -0.05) is 45.0 Å². The summed E-state index contributed by atoms with van der Waals surface area (Å²) in [5, 5.41) is 6.30. The van der Waals surface area contributed by atoms with Crippen LogP contribution in [0.15, 0.2) is 29.3 Å². The maximum absolute atomic E-state index is 11.2. The van der Waals surface area contributed by atoms with Crippen molar-refractivity contribution in [3.63, 3.8) is 0 Å². The van der Waals surface area contributed by atoms with Gasteiger partial charge in [-0.25, -0.2) is 8.42 Å². The third kappa shape index (κ3) is 7.03. The molecule has 1 rings (SSSR count). The highest BCUT2D eigenvalue weighted by Crippen LogP contribution is 2.22. The van der Waals surface area contributed by atoms with Crippen molar-refractivity contribution in [2.45, 2.75) is 32.6 Å². The van der Waals surface area contributed by atoms with Gasteiger partial charge in [-0.2, -0.15) is 0 Å². The highest BCUT2D eigenvalue weighted by molar-refractivity contribution is 7.90. The summed E-state index contributed by atoms with van der Waals surface area (Å²) in [6, 6.07) is 8.66. The second kappa shape index (κ2) is 8.34. The molecule has 0 bridgehead atoms. The summed E-state index contributed by atoms with van der Waals surface area (Å²) in [4.78, 5) is 4.13. The topological polar surface area (TPSA) is 70.6 Å². The zero-order valence-corrected chi connectivity index (χ0v) is 15.6. The zero-order valence-electron chi connectivity index (χ0n) is 14.8. The van der Waals surface area contributed by atoms with Gasteiger partial charge in [-0.05, 0) is 17.5 Å². The van der Waals surface area contributed by atoms with Gasteiger partial charge in [0.1, 0.15) is 9.84 Å². The Hall–Kier alpha value is -1.56. The third-order valence-electron chi connectivity index (χ3n) is 3.83. The number of rotatable bonds is 7. The first kappa shape index (κ1) is 19.5. The van der Waals surface area contributed by atoms with Crippen molar-refractivity contribution >= 4 is 15.8 Å². The summed E-state index contributed by atoms with van der Waals surface area (Å²) < 4.78 is 22.3. The van der Waals surface area contributed by atoms with Crippen LogP contribution in [-0.2, 0) is 21.7 Å². The van der Waals surface area contributed by atoms with E-state index in [2.05, 4.69) is 60.7 Å². The van der Waals surface area contributed by atoms with Gasteiger partial charge in [0.15, 0.2) is 5.96 Å². The molecule has 0 aromatic heterocycles. The molecular formula is C17H29N3O2S. The maximum atomic E-state index is 11.2. The Bertz CT molecular complexity index is 620. The quantitative estimate of drug-likeness (QED) is 0.586. The van der Waals surface area contributed by atoms with Crippen molar-refractivity contribution in [2.24, 2.45) is 4.99 Å². The molecule has 0 aliphatic heterocycles. The van der Waals surface area contributed by atoms with Crippen molar-refractivity contribution < 1.29 is 8.42 Å². The average molecular weight is 340 g/mol. The van der Waals surface area contributed by atoms with Crippen LogP contribution in [0.25, 0.3) is 0 Å².